The van der Waals surface area contributed by atoms with Crippen LogP contribution in [0.5, 0.6) is 5.75 Å². The Balaban J connectivity index is 2.06. The second kappa shape index (κ2) is 6.61. The molecule has 0 atom stereocenters. The van der Waals surface area contributed by atoms with Gasteiger partial charge in [0.1, 0.15) is 5.75 Å². The third-order valence-corrected chi connectivity index (χ3v) is 4.17. The number of halogens is 3. The highest BCUT2D eigenvalue weighted by Gasteiger charge is 2.11. The number of ether oxygens (including phenoxy) is 1. The Morgan fingerprint density at radius 2 is 1.95 bits per heavy atom. The van der Waals surface area contributed by atoms with Gasteiger partial charge in [0, 0.05) is 15.1 Å². The zero-order valence-electron chi connectivity index (χ0n) is 10.6. The minimum Gasteiger partial charge on any atom is -0.485 e. The van der Waals surface area contributed by atoms with Gasteiger partial charge in [-0.05, 0) is 48.9 Å². The molecule has 20 heavy (non-hydrogen) atoms. The number of Topliss-reactive ketones (excluding diaryl/α,β-unsaturated/α-hetero) is 1. The third kappa shape index (κ3) is 3.75. The van der Waals surface area contributed by atoms with Gasteiger partial charge in [0.25, 0.3) is 0 Å². The first-order valence-electron chi connectivity index (χ1n) is 5.84. The fourth-order valence-corrected chi connectivity index (χ4v) is 2.41. The van der Waals surface area contributed by atoms with Crippen LogP contribution in [0.4, 0.5) is 0 Å². The van der Waals surface area contributed by atoms with Crippen molar-refractivity contribution in [2.45, 2.75) is 6.92 Å². The summed E-state index contributed by atoms with van der Waals surface area (Å²) >= 11 is 15.2. The molecule has 0 radical (unpaired) electrons. The van der Waals surface area contributed by atoms with Crippen molar-refractivity contribution in [3.8, 4) is 5.75 Å². The van der Waals surface area contributed by atoms with Crippen molar-refractivity contribution in [2.24, 2.45) is 0 Å². The van der Waals surface area contributed by atoms with E-state index < -0.39 is 0 Å². The van der Waals surface area contributed by atoms with Gasteiger partial charge in [0.15, 0.2) is 6.61 Å². The molecule has 0 aliphatic heterocycles. The maximum absolute atomic E-state index is 12.0. The zero-order valence-corrected chi connectivity index (χ0v) is 13.7. The summed E-state index contributed by atoms with van der Waals surface area (Å²) in [6.45, 7) is 1.89. The predicted octanol–water partition coefficient (Wildman–Crippen LogP) is 5.33. The van der Waals surface area contributed by atoms with Crippen LogP contribution in [-0.4, -0.2) is 12.4 Å². The standard InChI is InChI=1S/C15H11BrCl2O2/c1-9-6-11(3-5-13(9)16)20-8-15(19)12-4-2-10(17)7-14(12)18/h2-7H,8H2,1H3. The predicted molar refractivity (Wildman–Crippen MR) is 85.2 cm³/mol. The van der Waals surface area contributed by atoms with Crippen LogP contribution < -0.4 is 4.74 Å². The first-order valence-corrected chi connectivity index (χ1v) is 7.39. The van der Waals surface area contributed by atoms with Crippen molar-refractivity contribution in [1.82, 2.24) is 0 Å². The SMILES string of the molecule is Cc1cc(OCC(=O)c2ccc(Cl)cc2Cl)ccc1Br. The van der Waals surface area contributed by atoms with Gasteiger partial charge in [-0.25, -0.2) is 0 Å². The van der Waals surface area contributed by atoms with Gasteiger partial charge in [-0.1, -0.05) is 39.1 Å². The number of hydrogen-bond donors (Lipinski definition) is 0. The summed E-state index contributed by atoms with van der Waals surface area (Å²) in [5.74, 6) is 0.455. The zero-order chi connectivity index (χ0) is 14.7. The molecule has 0 aliphatic rings. The molecule has 0 aliphatic carbocycles. The highest BCUT2D eigenvalue weighted by molar-refractivity contribution is 9.10. The van der Waals surface area contributed by atoms with Gasteiger partial charge in [0.2, 0.25) is 5.78 Å². The molecule has 0 N–H and O–H groups in total. The summed E-state index contributed by atoms with van der Waals surface area (Å²) in [6, 6.07) is 10.3. The molecule has 0 amide bonds. The Bertz CT molecular complexity index is 656. The topological polar surface area (TPSA) is 26.3 Å². The molecule has 2 nitrogen and oxygen atoms in total. The van der Waals surface area contributed by atoms with E-state index in [9.17, 15) is 4.79 Å². The maximum Gasteiger partial charge on any atom is 0.201 e. The molecule has 0 bridgehead atoms. The van der Waals surface area contributed by atoms with Crippen LogP contribution in [0.1, 0.15) is 15.9 Å². The van der Waals surface area contributed by atoms with Gasteiger partial charge in [-0.2, -0.15) is 0 Å². The summed E-state index contributed by atoms with van der Waals surface area (Å²) in [6.07, 6.45) is 0. The van der Waals surface area contributed by atoms with Gasteiger partial charge in [-0.15, -0.1) is 0 Å². The Kier molecular flexibility index (Phi) is 5.08. The van der Waals surface area contributed by atoms with Gasteiger partial charge in [-0.3, -0.25) is 4.79 Å². The third-order valence-electron chi connectivity index (χ3n) is 2.73. The van der Waals surface area contributed by atoms with Crippen LogP contribution in [0.3, 0.4) is 0 Å². The van der Waals surface area contributed by atoms with E-state index in [1.165, 1.54) is 0 Å². The van der Waals surface area contributed by atoms with E-state index >= 15 is 0 Å². The number of carbonyl (C=O) groups excluding carboxylic acids is 1. The van der Waals surface area contributed by atoms with Crippen molar-refractivity contribution < 1.29 is 9.53 Å². The molecule has 5 heteroatoms. The van der Waals surface area contributed by atoms with Gasteiger partial charge >= 0.3 is 0 Å². The average Bonchev–Trinajstić information content (AvgIpc) is 2.40. The van der Waals surface area contributed by atoms with Crippen LogP contribution in [0.25, 0.3) is 0 Å². The Morgan fingerprint density at radius 3 is 2.60 bits per heavy atom. The number of rotatable bonds is 4. The van der Waals surface area contributed by atoms with Crippen LogP contribution in [0.15, 0.2) is 40.9 Å². The normalized spacial score (nSPS) is 10.4. The molecule has 0 heterocycles. The lowest BCUT2D eigenvalue weighted by atomic mass is 10.1. The second-order valence-electron chi connectivity index (χ2n) is 4.25. The van der Waals surface area contributed by atoms with Crippen LogP contribution in [-0.2, 0) is 0 Å². The lowest BCUT2D eigenvalue weighted by molar-refractivity contribution is 0.0921. The van der Waals surface area contributed by atoms with E-state index in [1.807, 2.05) is 19.1 Å². The number of ketones is 1. The van der Waals surface area contributed by atoms with E-state index in [4.69, 9.17) is 27.9 Å². The lowest BCUT2D eigenvalue weighted by Crippen LogP contribution is -2.12. The summed E-state index contributed by atoms with van der Waals surface area (Å²) in [7, 11) is 0. The number of aryl methyl sites for hydroxylation is 1. The van der Waals surface area contributed by atoms with E-state index in [1.54, 1.807) is 24.3 Å². The Morgan fingerprint density at radius 1 is 1.20 bits per heavy atom. The summed E-state index contributed by atoms with van der Waals surface area (Å²) in [5, 5.41) is 0.828. The molecule has 2 aromatic rings. The minimum atomic E-state index is -0.188. The van der Waals surface area contributed by atoms with Crippen molar-refractivity contribution in [3.63, 3.8) is 0 Å². The first-order chi connectivity index (χ1) is 9.47. The summed E-state index contributed by atoms with van der Waals surface area (Å²) in [5.41, 5.74) is 1.45. The van der Waals surface area contributed by atoms with Gasteiger partial charge < -0.3 is 4.74 Å². The van der Waals surface area contributed by atoms with E-state index in [2.05, 4.69) is 15.9 Å². The van der Waals surface area contributed by atoms with Gasteiger partial charge in [0.05, 0.1) is 5.02 Å². The molecular weight excluding hydrogens is 363 g/mol. The molecule has 0 unspecified atom stereocenters. The molecule has 2 aromatic carbocycles. The Hall–Kier alpha value is -1.03. The van der Waals surface area contributed by atoms with Crippen LogP contribution >= 0.6 is 39.1 Å². The highest BCUT2D eigenvalue weighted by atomic mass is 79.9. The quantitative estimate of drug-likeness (QED) is 0.677. The van der Waals surface area contributed by atoms with E-state index in [-0.39, 0.29) is 12.4 Å². The van der Waals surface area contributed by atoms with Crippen molar-refractivity contribution in [1.29, 1.82) is 0 Å². The van der Waals surface area contributed by atoms with Crippen LogP contribution in [0.2, 0.25) is 10.0 Å². The fourth-order valence-electron chi connectivity index (χ4n) is 1.65. The number of carbonyl (C=O) groups is 1. The molecule has 0 spiro atoms. The number of benzene rings is 2. The van der Waals surface area contributed by atoms with E-state index in [0.717, 1.165) is 10.0 Å². The number of hydrogen-bond acceptors (Lipinski definition) is 2. The minimum absolute atomic E-state index is 0.0670. The van der Waals surface area contributed by atoms with Crippen LogP contribution in [0, 0.1) is 6.92 Å². The molecule has 0 aromatic heterocycles. The molecule has 0 fully saturated rings. The molecule has 2 rings (SSSR count). The fraction of sp³-hybridized carbons (Fsp3) is 0.133. The van der Waals surface area contributed by atoms with Crippen molar-refractivity contribution >= 4 is 44.9 Å². The maximum atomic E-state index is 12.0. The molecule has 104 valence electrons. The van der Waals surface area contributed by atoms with E-state index in [0.29, 0.717) is 21.4 Å². The summed E-state index contributed by atoms with van der Waals surface area (Å²) < 4.78 is 6.48. The largest absolute Gasteiger partial charge is 0.485 e. The molecule has 0 saturated heterocycles. The van der Waals surface area contributed by atoms with Crippen molar-refractivity contribution in [2.75, 3.05) is 6.61 Å². The first kappa shape index (κ1) is 15.4. The summed E-state index contributed by atoms with van der Waals surface area (Å²) in [4.78, 5) is 12.0. The lowest BCUT2D eigenvalue weighted by Gasteiger charge is -2.08. The van der Waals surface area contributed by atoms with Crippen molar-refractivity contribution in [3.05, 3.63) is 62.0 Å². The second-order valence-corrected chi connectivity index (χ2v) is 5.94. The Labute approximate surface area is 135 Å². The monoisotopic (exact) mass is 372 g/mol. The smallest absolute Gasteiger partial charge is 0.201 e. The highest BCUT2D eigenvalue weighted by Crippen LogP contribution is 2.23. The average molecular weight is 374 g/mol. The molecule has 0 saturated carbocycles. The molecular formula is C15H11BrCl2O2.